The standard InChI is InChI=1S/C29H34FN3O7/c1-15-5-8-22-17(3)26(37-27-29(22)21(15)9-11-28(4,38-27)39-40-29)35-12-10-18-14-33(32-31-18)19-6-7-20-16(2)24(30)25(34)36-23(20)13-19/h6-7,13-15,17,21-22,26-27H,5,8-12H2,1-4H3/t15-,17-,21+,22+,26+,27-,28-,29-/m1/s1. The molecule has 8 rings (SSSR count). The highest BCUT2D eigenvalue weighted by atomic mass is 19.1. The van der Waals surface area contributed by atoms with Gasteiger partial charge in [0, 0.05) is 41.7 Å². The summed E-state index contributed by atoms with van der Waals surface area (Å²) in [6.45, 7) is 8.32. The van der Waals surface area contributed by atoms with Gasteiger partial charge >= 0.3 is 5.63 Å². The quantitative estimate of drug-likeness (QED) is 0.330. The first-order valence-corrected chi connectivity index (χ1v) is 14.1. The predicted octanol–water partition coefficient (Wildman–Crippen LogP) is 4.59. The fourth-order valence-electron chi connectivity index (χ4n) is 7.35. The van der Waals surface area contributed by atoms with E-state index in [-0.39, 0.29) is 17.4 Å². The van der Waals surface area contributed by atoms with Crippen molar-refractivity contribution < 1.29 is 32.8 Å². The Balaban J connectivity index is 1.05. The van der Waals surface area contributed by atoms with Crippen LogP contribution in [0.5, 0.6) is 0 Å². The van der Waals surface area contributed by atoms with Crippen molar-refractivity contribution in [3.8, 4) is 5.69 Å². The maximum Gasteiger partial charge on any atom is 0.372 e. The number of ether oxygens (including phenoxy) is 3. The highest BCUT2D eigenvalue weighted by Gasteiger charge is 2.69. The Hall–Kier alpha value is -2.70. The van der Waals surface area contributed by atoms with E-state index in [0.29, 0.717) is 41.5 Å². The van der Waals surface area contributed by atoms with Crippen LogP contribution in [0.2, 0.25) is 0 Å². The molecule has 5 fully saturated rings. The van der Waals surface area contributed by atoms with Gasteiger partial charge in [-0.05, 0) is 57.1 Å². The third-order valence-corrected chi connectivity index (χ3v) is 9.62. The fourth-order valence-corrected chi connectivity index (χ4v) is 7.35. The Morgan fingerprint density at radius 2 is 2.02 bits per heavy atom. The molecule has 0 unspecified atom stereocenters. The molecule has 3 aromatic rings. The molecule has 1 spiro atoms. The van der Waals surface area contributed by atoms with Crippen molar-refractivity contribution in [1.29, 1.82) is 0 Å². The molecule has 2 aromatic heterocycles. The Morgan fingerprint density at radius 3 is 2.88 bits per heavy atom. The van der Waals surface area contributed by atoms with E-state index in [0.717, 1.165) is 31.4 Å². The second-order valence-electron chi connectivity index (χ2n) is 12.1. The second-order valence-corrected chi connectivity index (χ2v) is 12.1. The van der Waals surface area contributed by atoms with E-state index in [1.807, 2.05) is 6.92 Å². The Morgan fingerprint density at radius 1 is 1.18 bits per heavy atom. The SMILES string of the molecule is Cc1c(F)c(=O)oc2cc(-n3cc(CCO[C@H]4O[C@@H]5O[C@@]6(C)CC[C@H]7[C@H](C)CC[C@@H]([C@H]4C)[C@@]57OO6)nn3)ccc12. The lowest BCUT2D eigenvalue weighted by Crippen LogP contribution is -2.70. The van der Waals surface area contributed by atoms with E-state index in [4.69, 9.17) is 28.4 Å². The molecule has 5 aliphatic rings. The maximum atomic E-state index is 13.9. The van der Waals surface area contributed by atoms with Gasteiger partial charge in [-0.15, -0.1) is 5.10 Å². The van der Waals surface area contributed by atoms with E-state index in [2.05, 4.69) is 24.2 Å². The Kier molecular flexibility index (Phi) is 6.17. The Bertz CT molecular complexity index is 1510. The molecule has 0 radical (unpaired) electrons. The highest BCUT2D eigenvalue weighted by molar-refractivity contribution is 5.82. The zero-order chi connectivity index (χ0) is 27.8. The number of fused-ring (bicyclic) bond motifs is 3. The van der Waals surface area contributed by atoms with Crippen LogP contribution in [0, 0.1) is 36.4 Å². The molecule has 0 amide bonds. The van der Waals surface area contributed by atoms with E-state index in [1.54, 1.807) is 36.0 Å². The van der Waals surface area contributed by atoms with Crippen LogP contribution in [0.25, 0.3) is 16.7 Å². The summed E-state index contributed by atoms with van der Waals surface area (Å²) in [7, 11) is 0. The van der Waals surface area contributed by atoms with Gasteiger partial charge in [-0.2, -0.15) is 4.39 Å². The summed E-state index contributed by atoms with van der Waals surface area (Å²) in [6, 6.07) is 5.14. The van der Waals surface area contributed by atoms with Crippen LogP contribution in [0.3, 0.4) is 0 Å². The highest BCUT2D eigenvalue weighted by Crippen LogP contribution is 2.60. The van der Waals surface area contributed by atoms with E-state index >= 15 is 0 Å². The first kappa shape index (κ1) is 26.2. The van der Waals surface area contributed by atoms with Crippen molar-refractivity contribution >= 4 is 11.0 Å². The fraction of sp³-hybridized carbons (Fsp3) is 0.621. The summed E-state index contributed by atoms with van der Waals surface area (Å²) in [5, 5.41) is 9.03. The number of nitrogens with zero attached hydrogens (tertiary/aromatic N) is 3. The minimum absolute atomic E-state index is 0.0946. The summed E-state index contributed by atoms with van der Waals surface area (Å²) in [6.07, 6.45) is 5.24. The second kappa shape index (κ2) is 9.42. The van der Waals surface area contributed by atoms with Crippen LogP contribution >= 0.6 is 0 Å². The van der Waals surface area contributed by atoms with Gasteiger partial charge in [-0.25, -0.2) is 19.3 Å². The van der Waals surface area contributed by atoms with Crippen molar-refractivity contribution in [3.63, 3.8) is 0 Å². The molecule has 6 heterocycles. The zero-order valence-corrected chi connectivity index (χ0v) is 23.1. The third kappa shape index (κ3) is 3.97. The largest absolute Gasteiger partial charge is 0.421 e. The number of aromatic nitrogens is 3. The molecule has 1 aliphatic carbocycles. The van der Waals surface area contributed by atoms with Crippen LogP contribution in [0.1, 0.15) is 57.7 Å². The average molecular weight is 556 g/mol. The lowest BCUT2D eigenvalue weighted by Gasteiger charge is -2.60. The molecule has 2 bridgehead atoms. The van der Waals surface area contributed by atoms with Gasteiger partial charge < -0.3 is 18.6 Å². The third-order valence-electron chi connectivity index (χ3n) is 9.62. The average Bonchev–Trinajstić information content (AvgIpc) is 3.29. The zero-order valence-electron chi connectivity index (χ0n) is 23.1. The number of hydrogen-bond acceptors (Lipinski definition) is 9. The summed E-state index contributed by atoms with van der Waals surface area (Å²) in [4.78, 5) is 23.9. The van der Waals surface area contributed by atoms with E-state index in [1.165, 1.54) is 0 Å². The van der Waals surface area contributed by atoms with E-state index in [9.17, 15) is 9.18 Å². The van der Waals surface area contributed by atoms with Crippen molar-refractivity contribution in [2.45, 2.75) is 83.8 Å². The van der Waals surface area contributed by atoms with Crippen LogP contribution in [0.15, 0.2) is 33.6 Å². The van der Waals surface area contributed by atoms with Crippen molar-refractivity contribution in [1.82, 2.24) is 15.0 Å². The van der Waals surface area contributed by atoms with Gasteiger partial charge in [-0.3, -0.25) is 0 Å². The summed E-state index contributed by atoms with van der Waals surface area (Å²) < 4.78 is 39.8. The molecule has 0 N–H and O–H groups in total. The number of benzene rings is 1. The molecule has 11 heteroatoms. The molecular formula is C29H34FN3O7. The topological polar surface area (TPSA) is 107 Å². The molecule has 4 saturated heterocycles. The van der Waals surface area contributed by atoms with Crippen LogP contribution in [0.4, 0.5) is 4.39 Å². The van der Waals surface area contributed by atoms with Crippen molar-refractivity contribution in [2.75, 3.05) is 6.61 Å². The van der Waals surface area contributed by atoms with Gasteiger partial charge in [0.15, 0.2) is 18.2 Å². The first-order valence-electron chi connectivity index (χ1n) is 14.1. The predicted molar refractivity (Wildman–Crippen MR) is 139 cm³/mol. The van der Waals surface area contributed by atoms with Gasteiger partial charge in [0.1, 0.15) is 5.58 Å². The van der Waals surface area contributed by atoms with E-state index < -0.39 is 35.4 Å². The minimum Gasteiger partial charge on any atom is -0.421 e. The molecule has 10 nitrogen and oxygen atoms in total. The van der Waals surface area contributed by atoms with Crippen molar-refractivity contribution in [3.05, 3.63) is 51.9 Å². The summed E-state index contributed by atoms with van der Waals surface area (Å²) in [5.74, 6) is -0.584. The molecule has 1 saturated carbocycles. The lowest BCUT2D eigenvalue weighted by atomic mass is 9.58. The first-order chi connectivity index (χ1) is 19.2. The van der Waals surface area contributed by atoms with Gasteiger partial charge in [0.2, 0.25) is 11.6 Å². The minimum atomic E-state index is -0.989. The van der Waals surface area contributed by atoms with Gasteiger partial charge in [0.05, 0.1) is 24.2 Å². The molecule has 40 heavy (non-hydrogen) atoms. The van der Waals surface area contributed by atoms with Crippen LogP contribution < -0.4 is 5.63 Å². The lowest BCUT2D eigenvalue weighted by molar-refractivity contribution is -0.577. The number of hydrogen-bond donors (Lipinski definition) is 0. The number of halogens is 1. The summed E-state index contributed by atoms with van der Waals surface area (Å²) in [5.41, 5.74) is 0.328. The van der Waals surface area contributed by atoms with Crippen LogP contribution in [-0.2, 0) is 30.4 Å². The molecule has 214 valence electrons. The normalized spacial score (nSPS) is 36.9. The Labute approximate surface area is 230 Å². The molecule has 1 aromatic carbocycles. The summed E-state index contributed by atoms with van der Waals surface area (Å²) >= 11 is 0. The maximum absolute atomic E-state index is 13.9. The van der Waals surface area contributed by atoms with Crippen LogP contribution in [-0.4, -0.2) is 45.6 Å². The number of aryl methyl sites for hydroxylation is 1. The van der Waals surface area contributed by atoms with Gasteiger partial charge in [0.25, 0.3) is 0 Å². The molecular weight excluding hydrogens is 521 g/mol. The smallest absolute Gasteiger partial charge is 0.372 e. The molecule has 8 atom stereocenters. The van der Waals surface area contributed by atoms with Gasteiger partial charge in [-0.1, -0.05) is 19.1 Å². The molecule has 4 aliphatic heterocycles. The monoisotopic (exact) mass is 555 g/mol. The van der Waals surface area contributed by atoms with Crippen molar-refractivity contribution in [2.24, 2.45) is 23.7 Å². The number of rotatable bonds is 5.